The largest absolute Gasteiger partial charge is 0.379 e. The van der Waals surface area contributed by atoms with Crippen molar-refractivity contribution >= 4 is 29.9 Å². The van der Waals surface area contributed by atoms with Gasteiger partial charge in [-0.2, -0.15) is 0 Å². The van der Waals surface area contributed by atoms with Gasteiger partial charge in [0.1, 0.15) is 0 Å². The lowest BCUT2D eigenvalue weighted by molar-refractivity contribution is 0.0372. The van der Waals surface area contributed by atoms with Gasteiger partial charge in [0.15, 0.2) is 5.96 Å². The summed E-state index contributed by atoms with van der Waals surface area (Å²) in [6, 6.07) is 0. The predicted molar refractivity (Wildman–Crippen MR) is 111 cm³/mol. The fourth-order valence-corrected chi connectivity index (χ4v) is 2.89. The zero-order valence-electron chi connectivity index (χ0n) is 15.5. The Bertz CT molecular complexity index is 349. The third-order valence-corrected chi connectivity index (χ3v) is 4.38. The topological polar surface area (TPSA) is 67.4 Å². The maximum Gasteiger partial charge on any atom is 0.190 e. The molecular formula is C17H35IN4O3. The molecule has 0 aromatic carbocycles. The highest BCUT2D eigenvalue weighted by Gasteiger charge is 2.15. The fourth-order valence-electron chi connectivity index (χ4n) is 2.89. The number of rotatable bonds is 10. The summed E-state index contributed by atoms with van der Waals surface area (Å²) in [6.45, 7) is 9.28. The van der Waals surface area contributed by atoms with Crippen molar-refractivity contribution in [1.29, 1.82) is 0 Å². The lowest BCUT2D eigenvalue weighted by Crippen LogP contribution is -2.39. The van der Waals surface area contributed by atoms with E-state index in [0.29, 0.717) is 6.10 Å². The van der Waals surface area contributed by atoms with Gasteiger partial charge in [-0.25, -0.2) is 0 Å². The van der Waals surface area contributed by atoms with E-state index >= 15 is 0 Å². The highest BCUT2D eigenvalue weighted by atomic mass is 127. The van der Waals surface area contributed by atoms with Crippen molar-refractivity contribution in [1.82, 2.24) is 15.5 Å². The first kappa shape index (κ1) is 22.9. The summed E-state index contributed by atoms with van der Waals surface area (Å²) < 4.78 is 16.4. The molecule has 25 heavy (non-hydrogen) atoms. The number of hydrogen-bond donors (Lipinski definition) is 2. The fraction of sp³-hybridized carbons (Fsp3) is 0.941. The van der Waals surface area contributed by atoms with E-state index in [2.05, 4.69) is 20.5 Å². The van der Waals surface area contributed by atoms with Gasteiger partial charge in [-0.3, -0.25) is 9.89 Å². The lowest BCUT2D eigenvalue weighted by atomic mass is 10.3. The summed E-state index contributed by atoms with van der Waals surface area (Å²) in [4.78, 5) is 6.74. The van der Waals surface area contributed by atoms with Crippen molar-refractivity contribution in [2.45, 2.75) is 31.8 Å². The SMILES string of the molecule is CN=C(NCCCCN1CCOCC1)NCCCOC1CCOC1.I. The van der Waals surface area contributed by atoms with Gasteiger partial charge in [0.05, 0.1) is 25.9 Å². The molecule has 1 atom stereocenters. The Hall–Kier alpha value is -0.160. The van der Waals surface area contributed by atoms with Gasteiger partial charge < -0.3 is 24.8 Å². The van der Waals surface area contributed by atoms with E-state index in [1.807, 2.05) is 7.05 Å². The molecule has 0 radical (unpaired) electrons. The van der Waals surface area contributed by atoms with Crippen LogP contribution in [0.25, 0.3) is 0 Å². The molecule has 2 rings (SSSR count). The number of nitrogens with zero attached hydrogens (tertiary/aromatic N) is 2. The number of morpholine rings is 1. The second kappa shape index (κ2) is 15.0. The van der Waals surface area contributed by atoms with Crippen LogP contribution < -0.4 is 10.6 Å². The Kier molecular flexibility index (Phi) is 13.7. The second-order valence-electron chi connectivity index (χ2n) is 6.30. The Morgan fingerprint density at radius 2 is 1.84 bits per heavy atom. The number of aliphatic imine (C=N–C) groups is 1. The first-order valence-corrected chi connectivity index (χ1v) is 9.32. The molecule has 0 saturated carbocycles. The van der Waals surface area contributed by atoms with Crippen LogP contribution in [0.2, 0.25) is 0 Å². The normalized spacial score (nSPS) is 21.8. The van der Waals surface area contributed by atoms with Crippen LogP contribution in [0.15, 0.2) is 4.99 Å². The maximum absolute atomic E-state index is 5.75. The number of halogens is 1. The molecule has 2 saturated heterocycles. The lowest BCUT2D eigenvalue weighted by Gasteiger charge is -2.26. The van der Waals surface area contributed by atoms with Gasteiger partial charge in [-0.15, -0.1) is 24.0 Å². The molecule has 1 unspecified atom stereocenters. The average molecular weight is 470 g/mol. The van der Waals surface area contributed by atoms with E-state index in [1.54, 1.807) is 0 Å². The third kappa shape index (κ3) is 10.5. The molecule has 2 aliphatic rings. The summed E-state index contributed by atoms with van der Waals surface area (Å²) in [5.41, 5.74) is 0. The van der Waals surface area contributed by atoms with Gasteiger partial charge in [-0.05, 0) is 32.2 Å². The molecular weight excluding hydrogens is 435 g/mol. The Labute approximate surface area is 169 Å². The first-order chi connectivity index (χ1) is 11.9. The molecule has 0 spiro atoms. The van der Waals surface area contributed by atoms with Crippen molar-refractivity contribution < 1.29 is 14.2 Å². The van der Waals surface area contributed by atoms with Crippen LogP contribution in [0.4, 0.5) is 0 Å². The molecule has 2 fully saturated rings. The monoisotopic (exact) mass is 470 g/mol. The molecule has 148 valence electrons. The van der Waals surface area contributed by atoms with Crippen LogP contribution in [0, 0.1) is 0 Å². The van der Waals surface area contributed by atoms with Gasteiger partial charge in [-0.1, -0.05) is 0 Å². The van der Waals surface area contributed by atoms with E-state index in [1.165, 1.54) is 13.0 Å². The first-order valence-electron chi connectivity index (χ1n) is 9.32. The Morgan fingerprint density at radius 1 is 1.08 bits per heavy atom. The van der Waals surface area contributed by atoms with E-state index in [-0.39, 0.29) is 24.0 Å². The molecule has 2 N–H and O–H groups in total. The van der Waals surface area contributed by atoms with Gasteiger partial charge in [0.25, 0.3) is 0 Å². The molecule has 8 heteroatoms. The Morgan fingerprint density at radius 3 is 2.52 bits per heavy atom. The summed E-state index contributed by atoms with van der Waals surface area (Å²) in [5, 5.41) is 6.71. The van der Waals surface area contributed by atoms with Crippen molar-refractivity contribution in [2.75, 3.05) is 72.8 Å². The minimum absolute atomic E-state index is 0. The predicted octanol–water partition coefficient (Wildman–Crippen LogP) is 1.08. The maximum atomic E-state index is 5.75. The van der Waals surface area contributed by atoms with E-state index in [0.717, 1.165) is 84.4 Å². The second-order valence-corrected chi connectivity index (χ2v) is 6.30. The minimum atomic E-state index is 0. The Balaban J connectivity index is 0.00000312. The molecule has 2 heterocycles. The van der Waals surface area contributed by atoms with Crippen molar-refractivity contribution in [3.63, 3.8) is 0 Å². The van der Waals surface area contributed by atoms with E-state index in [9.17, 15) is 0 Å². The van der Waals surface area contributed by atoms with Crippen molar-refractivity contribution in [3.05, 3.63) is 0 Å². The quantitative estimate of drug-likeness (QED) is 0.216. The van der Waals surface area contributed by atoms with Crippen LogP contribution >= 0.6 is 24.0 Å². The zero-order chi connectivity index (χ0) is 16.9. The van der Waals surface area contributed by atoms with Crippen LogP contribution in [0.5, 0.6) is 0 Å². The minimum Gasteiger partial charge on any atom is -0.379 e. The molecule has 0 aliphatic carbocycles. The van der Waals surface area contributed by atoms with Crippen molar-refractivity contribution in [3.8, 4) is 0 Å². The van der Waals surface area contributed by atoms with E-state index < -0.39 is 0 Å². The molecule has 0 amide bonds. The number of unbranched alkanes of at least 4 members (excludes halogenated alkanes) is 1. The zero-order valence-corrected chi connectivity index (χ0v) is 17.8. The van der Waals surface area contributed by atoms with Crippen LogP contribution in [-0.4, -0.2) is 89.8 Å². The van der Waals surface area contributed by atoms with Gasteiger partial charge in [0.2, 0.25) is 0 Å². The number of ether oxygens (including phenoxy) is 3. The van der Waals surface area contributed by atoms with Gasteiger partial charge in [0, 0.05) is 46.4 Å². The average Bonchev–Trinajstić information content (AvgIpc) is 3.14. The van der Waals surface area contributed by atoms with Gasteiger partial charge >= 0.3 is 0 Å². The molecule has 0 aromatic rings. The summed E-state index contributed by atoms with van der Waals surface area (Å²) >= 11 is 0. The summed E-state index contributed by atoms with van der Waals surface area (Å²) in [6.07, 6.45) is 4.67. The van der Waals surface area contributed by atoms with Crippen LogP contribution in [0.3, 0.4) is 0 Å². The number of guanidine groups is 1. The van der Waals surface area contributed by atoms with Crippen molar-refractivity contribution in [2.24, 2.45) is 4.99 Å². The molecule has 2 aliphatic heterocycles. The van der Waals surface area contributed by atoms with Crippen LogP contribution in [-0.2, 0) is 14.2 Å². The smallest absolute Gasteiger partial charge is 0.190 e. The third-order valence-electron chi connectivity index (χ3n) is 4.38. The van der Waals surface area contributed by atoms with Crippen LogP contribution in [0.1, 0.15) is 25.7 Å². The number of hydrogen-bond acceptors (Lipinski definition) is 5. The summed E-state index contributed by atoms with van der Waals surface area (Å²) in [7, 11) is 1.81. The molecule has 0 aromatic heterocycles. The highest BCUT2D eigenvalue weighted by molar-refractivity contribution is 14.0. The highest BCUT2D eigenvalue weighted by Crippen LogP contribution is 2.07. The molecule has 7 nitrogen and oxygen atoms in total. The molecule has 0 bridgehead atoms. The summed E-state index contributed by atoms with van der Waals surface area (Å²) in [5.74, 6) is 0.880. The van der Waals surface area contributed by atoms with E-state index in [4.69, 9.17) is 14.2 Å². The standard InChI is InChI=1S/C17H34N4O3.HI/c1-18-17(20-7-4-11-24-16-5-12-23-15-16)19-6-2-3-8-21-9-13-22-14-10-21;/h16H,2-15H2,1H3,(H2,18,19,20);1H. The number of nitrogens with one attached hydrogen (secondary N) is 2.